The smallest absolute Gasteiger partial charge is 0.314 e. The number of hydrogen-bond donors (Lipinski definition) is 3. The van der Waals surface area contributed by atoms with Crippen LogP contribution in [0.15, 0.2) is 0 Å². The SMILES string of the molecule is CC(O)CNC(=O)NCCN1CCOCC1. The maximum Gasteiger partial charge on any atom is 0.314 e. The maximum atomic E-state index is 11.2. The maximum absolute atomic E-state index is 11.2. The van der Waals surface area contributed by atoms with Gasteiger partial charge in [0.15, 0.2) is 0 Å². The molecule has 16 heavy (non-hydrogen) atoms. The van der Waals surface area contributed by atoms with Crippen LogP contribution in [-0.2, 0) is 4.74 Å². The van der Waals surface area contributed by atoms with E-state index in [1.807, 2.05) is 0 Å². The van der Waals surface area contributed by atoms with Crippen LogP contribution in [0.2, 0.25) is 0 Å². The Morgan fingerprint density at radius 2 is 2.12 bits per heavy atom. The van der Waals surface area contributed by atoms with Crippen molar-refractivity contribution in [2.75, 3.05) is 45.9 Å². The molecular formula is C10H21N3O3. The van der Waals surface area contributed by atoms with Gasteiger partial charge in [-0.05, 0) is 6.92 Å². The number of nitrogens with zero attached hydrogens (tertiary/aromatic N) is 1. The second kappa shape index (κ2) is 7.43. The van der Waals surface area contributed by atoms with E-state index in [4.69, 9.17) is 9.84 Å². The first-order valence-electron chi connectivity index (χ1n) is 5.68. The summed E-state index contributed by atoms with van der Waals surface area (Å²) >= 11 is 0. The standard InChI is InChI=1S/C10H21N3O3/c1-9(14)8-12-10(15)11-2-3-13-4-6-16-7-5-13/h9,14H,2-8H2,1H3,(H2,11,12,15). The molecule has 1 heterocycles. The van der Waals surface area contributed by atoms with Crippen molar-refractivity contribution in [3.05, 3.63) is 0 Å². The van der Waals surface area contributed by atoms with E-state index in [0.717, 1.165) is 32.8 Å². The lowest BCUT2D eigenvalue weighted by Crippen LogP contribution is -2.44. The minimum absolute atomic E-state index is 0.228. The zero-order valence-electron chi connectivity index (χ0n) is 9.74. The van der Waals surface area contributed by atoms with Gasteiger partial charge in [-0.2, -0.15) is 0 Å². The molecule has 1 fully saturated rings. The van der Waals surface area contributed by atoms with Crippen molar-refractivity contribution in [3.63, 3.8) is 0 Å². The number of ether oxygens (including phenoxy) is 1. The normalized spacial score (nSPS) is 19.1. The van der Waals surface area contributed by atoms with E-state index in [2.05, 4.69) is 15.5 Å². The first kappa shape index (κ1) is 13.2. The molecule has 1 rings (SSSR count). The number of urea groups is 1. The molecule has 0 aromatic heterocycles. The molecule has 1 unspecified atom stereocenters. The molecule has 2 amide bonds. The second-order valence-corrected chi connectivity index (χ2v) is 3.94. The van der Waals surface area contributed by atoms with Gasteiger partial charge in [-0.15, -0.1) is 0 Å². The molecule has 1 saturated heterocycles. The lowest BCUT2D eigenvalue weighted by Gasteiger charge is -2.26. The van der Waals surface area contributed by atoms with Crippen molar-refractivity contribution >= 4 is 6.03 Å². The fourth-order valence-corrected chi connectivity index (χ4v) is 1.46. The molecule has 1 atom stereocenters. The second-order valence-electron chi connectivity index (χ2n) is 3.94. The van der Waals surface area contributed by atoms with E-state index < -0.39 is 6.10 Å². The Kier molecular flexibility index (Phi) is 6.14. The largest absolute Gasteiger partial charge is 0.392 e. The quantitative estimate of drug-likeness (QED) is 0.567. The van der Waals surface area contributed by atoms with Crippen LogP contribution in [0, 0.1) is 0 Å². The molecule has 1 aliphatic heterocycles. The summed E-state index contributed by atoms with van der Waals surface area (Å²) in [5.74, 6) is 0. The van der Waals surface area contributed by atoms with Gasteiger partial charge in [-0.1, -0.05) is 0 Å². The third-order valence-corrected chi connectivity index (χ3v) is 2.38. The van der Waals surface area contributed by atoms with Gasteiger partial charge >= 0.3 is 6.03 Å². The summed E-state index contributed by atoms with van der Waals surface area (Å²) in [6, 6.07) is -0.228. The topological polar surface area (TPSA) is 73.8 Å². The molecular weight excluding hydrogens is 210 g/mol. The Morgan fingerprint density at radius 1 is 1.44 bits per heavy atom. The summed E-state index contributed by atoms with van der Waals surface area (Å²) in [5.41, 5.74) is 0. The van der Waals surface area contributed by atoms with E-state index in [9.17, 15) is 4.79 Å². The highest BCUT2D eigenvalue weighted by Crippen LogP contribution is 1.94. The van der Waals surface area contributed by atoms with Gasteiger partial charge in [0.2, 0.25) is 0 Å². The first-order chi connectivity index (χ1) is 7.68. The first-order valence-corrected chi connectivity index (χ1v) is 5.68. The van der Waals surface area contributed by atoms with Crippen molar-refractivity contribution < 1.29 is 14.6 Å². The molecule has 6 heteroatoms. The van der Waals surface area contributed by atoms with Crippen LogP contribution >= 0.6 is 0 Å². The predicted molar refractivity (Wildman–Crippen MR) is 60.3 cm³/mol. The van der Waals surface area contributed by atoms with Crippen LogP contribution in [0.5, 0.6) is 0 Å². The summed E-state index contributed by atoms with van der Waals surface area (Å²) in [5, 5.41) is 14.3. The average Bonchev–Trinajstić information content (AvgIpc) is 2.28. The van der Waals surface area contributed by atoms with Crippen LogP contribution in [0.25, 0.3) is 0 Å². The molecule has 0 aliphatic carbocycles. The monoisotopic (exact) mass is 231 g/mol. The van der Waals surface area contributed by atoms with Crippen LogP contribution in [0.4, 0.5) is 4.79 Å². The van der Waals surface area contributed by atoms with Crippen molar-refractivity contribution in [2.24, 2.45) is 0 Å². The van der Waals surface area contributed by atoms with Crippen molar-refractivity contribution in [1.82, 2.24) is 15.5 Å². The molecule has 1 aliphatic rings. The minimum atomic E-state index is -0.509. The third-order valence-electron chi connectivity index (χ3n) is 2.38. The molecule has 0 aromatic carbocycles. The van der Waals surface area contributed by atoms with Gasteiger partial charge in [-0.3, -0.25) is 4.90 Å². The van der Waals surface area contributed by atoms with Gasteiger partial charge < -0.3 is 20.5 Å². The summed E-state index contributed by atoms with van der Waals surface area (Å²) < 4.78 is 5.22. The average molecular weight is 231 g/mol. The number of nitrogens with one attached hydrogen (secondary N) is 2. The van der Waals surface area contributed by atoms with Crippen LogP contribution in [0.3, 0.4) is 0 Å². The molecule has 0 bridgehead atoms. The summed E-state index contributed by atoms with van der Waals surface area (Å²) in [6.45, 7) is 6.77. The van der Waals surface area contributed by atoms with Gasteiger partial charge in [0.25, 0.3) is 0 Å². The number of rotatable bonds is 5. The molecule has 94 valence electrons. The van der Waals surface area contributed by atoms with Crippen molar-refractivity contribution in [1.29, 1.82) is 0 Å². The number of aliphatic hydroxyl groups is 1. The Morgan fingerprint density at radius 3 is 2.75 bits per heavy atom. The fraction of sp³-hybridized carbons (Fsp3) is 0.900. The van der Waals surface area contributed by atoms with E-state index in [0.29, 0.717) is 6.54 Å². The van der Waals surface area contributed by atoms with E-state index in [-0.39, 0.29) is 12.6 Å². The number of carbonyl (C=O) groups is 1. The molecule has 0 aromatic rings. The summed E-state index contributed by atoms with van der Waals surface area (Å²) in [7, 11) is 0. The minimum Gasteiger partial charge on any atom is -0.392 e. The van der Waals surface area contributed by atoms with Crippen LogP contribution < -0.4 is 10.6 Å². The van der Waals surface area contributed by atoms with E-state index in [1.54, 1.807) is 6.92 Å². The van der Waals surface area contributed by atoms with E-state index in [1.165, 1.54) is 0 Å². The number of aliphatic hydroxyl groups excluding tert-OH is 1. The summed E-state index contributed by atoms with van der Waals surface area (Å²) in [6.07, 6.45) is -0.509. The Hall–Kier alpha value is -0.850. The number of hydrogen-bond acceptors (Lipinski definition) is 4. The van der Waals surface area contributed by atoms with Crippen LogP contribution in [0.1, 0.15) is 6.92 Å². The zero-order valence-corrected chi connectivity index (χ0v) is 9.74. The van der Waals surface area contributed by atoms with Crippen molar-refractivity contribution in [3.8, 4) is 0 Å². The molecule has 6 nitrogen and oxygen atoms in total. The predicted octanol–water partition coefficient (Wildman–Crippen LogP) is -1.00. The van der Waals surface area contributed by atoms with Gasteiger partial charge in [0.05, 0.1) is 19.3 Å². The van der Waals surface area contributed by atoms with Crippen molar-refractivity contribution in [2.45, 2.75) is 13.0 Å². The highest BCUT2D eigenvalue weighted by molar-refractivity contribution is 5.73. The molecule has 0 spiro atoms. The molecule has 3 N–H and O–H groups in total. The van der Waals surface area contributed by atoms with Gasteiger partial charge in [0.1, 0.15) is 0 Å². The fourth-order valence-electron chi connectivity index (χ4n) is 1.46. The van der Waals surface area contributed by atoms with Gasteiger partial charge in [-0.25, -0.2) is 4.79 Å². The number of amides is 2. The Balaban J connectivity index is 1.99. The number of carbonyl (C=O) groups excluding carboxylic acids is 1. The lowest BCUT2D eigenvalue weighted by atomic mass is 10.4. The molecule has 0 saturated carbocycles. The molecule has 0 radical (unpaired) electrons. The Bertz CT molecular complexity index is 205. The third kappa shape index (κ3) is 5.89. The summed E-state index contributed by atoms with van der Waals surface area (Å²) in [4.78, 5) is 13.5. The lowest BCUT2D eigenvalue weighted by molar-refractivity contribution is 0.0387. The van der Waals surface area contributed by atoms with Gasteiger partial charge in [0, 0.05) is 32.7 Å². The number of morpholine rings is 1. The highest BCUT2D eigenvalue weighted by Gasteiger charge is 2.09. The zero-order chi connectivity index (χ0) is 11.8. The van der Waals surface area contributed by atoms with Crippen LogP contribution in [-0.4, -0.2) is 68.1 Å². The van der Waals surface area contributed by atoms with E-state index >= 15 is 0 Å². The highest BCUT2D eigenvalue weighted by atomic mass is 16.5. The Labute approximate surface area is 95.9 Å².